The highest BCUT2D eigenvalue weighted by atomic mass is 32.2. The van der Waals surface area contributed by atoms with Crippen LogP contribution >= 0.6 is 11.8 Å². The van der Waals surface area contributed by atoms with Crippen LogP contribution in [0.2, 0.25) is 0 Å². The Bertz CT molecular complexity index is 561. The van der Waals surface area contributed by atoms with Crippen molar-refractivity contribution in [3.63, 3.8) is 0 Å². The Morgan fingerprint density at radius 2 is 2.14 bits per heavy atom. The molecule has 2 heterocycles. The molecule has 1 aliphatic heterocycles. The number of carboxylic acid groups (broad SMARTS) is 1. The Morgan fingerprint density at radius 1 is 1.38 bits per heavy atom. The van der Waals surface area contributed by atoms with Gasteiger partial charge in [0.25, 0.3) is 0 Å². The van der Waals surface area contributed by atoms with Crippen molar-refractivity contribution >= 4 is 23.6 Å². The maximum atomic E-state index is 12.2. The number of rotatable bonds is 5. The summed E-state index contributed by atoms with van der Waals surface area (Å²) in [6.07, 6.45) is 1.36. The molecule has 1 aromatic heterocycles. The smallest absolute Gasteiger partial charge is 0.326 e. The number of carbonyl (C=O) groups is 2. The number of aliphatic hydroxyl groups excluding tert-OH is 1. The number of aliphatic hydroxyl groups is 1. The first kappa shape index (κ1) is 14.3. The molecular formula is C11H15N5O4S. The van der Waals surface area contributed by atoms with Crippen molar-refractivity contribution in [1.82, 2.24) is 25.1 Å². The second-order valence-corrected chi connectivity index (χ2v) is 6.16. The molecule has 1 aliphatic carbocycles. The van der Waals surface area contributed by atoms with E-state index in [-0.39, 0.29) is 24.6 Å². The van der Waals surface area contributed by atoms with Crippen LogP contribution in [0.25, 0.3) is 0 Å². The number of carboxylic acids is 1. The van der Waals surface area contributed by atoms with Crippen LogP contribution in [0, 0.1) is 0 Å². The first-order valence-electron chi connectivity index (χ1n) is 6.67. The van der Waals surface area contributed by atoms with Gasteiger partial charge in [0.1, 0.15) is 6.04 Å². The lowest BCUT2D eigenvalue weighted by Gasteiger charge is -2.20. The minimum atomic E-state index is -1.09. The second-order valence-electron chi connectivity index (χ2n) is 5.22. The van der Waals surface area contributed by atoms with Gasteiger partial charge in [-0.3, -0.25) is 4.79 Å². The molecule has 1 saturated carbocycles. The number of hydrogen-bond acceptors (Lipinski definition) is 7. The molecule has 114 valence electrons. The molecule has 9 nitrogen and oxygen atoms in total. The summed E-state index contributed by atoms with van der Waals surface area (Å²) in [7, 11) is 0. The number of aliphatic carboxylic acids is 1. The van der Waals surface area contributed by atoms with Crippen molar-refractivity contribution in [2.45, 2.75) is 42.6 Å². The standard InChI is InChI=1S/C11H15N5O4S/c17-7-3-8(10(19)20)15(4-7)9(18)5-21-11-12-13-14-16(11)6-1-2-6/h6-8,17H,1-5H2,(H,19,20)/t7?,8-/m0/s1. The fourth-order valence-electron chi connectivity index (χ4n) is 2.36. The number of thioether (sulfide) groups is 1. The van der Waals surface area contributed by atoms with E-state index in [1.165, 1.54) is 16.7 Å². The first-order chi connectivity index (χ1) is 10.1. The molecule has 1 saturated heterocycles. The van der Waals surface area contributed by atoms with E-state index in [4.69, 9.17) is 5.11 Å². The predicted molar refractivity (Wildman–Crippen MR) is 70.6 cm³/mol. The largest absolute Gasteiger partial charge is 0.480 e. The number of carbonyl (C=O) groups excluding carboxylic acids is 1. The lowest BCUT2D eigenvalue weighted by atomic mass is 10.2. The molecule has 0 radical (unpaired) electrons. The molecule has 3 rings (SSSR count). The van der Waals surface area contributed by atoms with Crippen LogP contribution in [-0.4, -0.2) is 71.6 Å². The summed E-state index contributed by atoms with van der Waals surface area (Å²) in [5, 5.41) is 30.5. The van der Waals surface area contributed by atoms with Crippen molar-refractivity contribution in [3.8, 4) is 0 Å². The van der Waals surface area contributed by atoms with Gasteiger partial charge in [0.15, 0.2) is 0 Å². The molecule has 1 amide bonds. The topological polar surface area (TPSA) is 121 Å². The number of tetrazole rings is 1. The molecule has 0 spiro atoms. The third kappa shape index (κ3) is 3.00. The molecule has 1 unspecified atom stereocenters. The fourth-order valence-corrected chi connectivity index (χ4v) is 3.19. The van der Waals surface area contributed by atoms with Gasteiger partial charge in [-0.25, -0.2) is 9.48 Å². The van der Waals surface area contributed by atoms with Crippen LogP contribution in [0.1, 0.15) is 25.3 Å². The van der Waals surface area contributed by atoms with Crippen LogP contribution in [0.3, 0.4) is 0 Å². The average Bonchev–Trinajstić information content (AvgIpc) is 3.04. The second kappa shape index (κ2) is 5.60. The monoisotopic (exact) mass is 313 g/mol. The molecule has 0 aromatic carbocycles. The van der Waals surface area contributed by atoms with E-state index >= 15 is 0 Å². The Hall–Kier alpha value is -1.68. The molecule has 2 aliphatic rings. The quantitative estimate of drug-likeness (QED) is 0.674. The number of amides is 1. The number of aromatic nitrogens is 4. The molecule has 0 bridgehead atoms. The molecule has 2 fully saturated rings. The van der Waals surface area contributed by atoms with Crippen molar-refractivity contribution in [2.75, 3.05) is 12.3 Å². The van der Waals surface area contributed by atoms with Gasteiger partial charge in [0, 0.05) is 13.0 Å². The zero-order valence-corrected chi connectivity index (χ0v) is 11.9. The van der Waals surface area contributed by atoms with E-state index in [9.17, 15) is 14.7 Å². The van der Waals surface area contributed by atoms with Gasteiger partial charge in [-0.2, -0.15) is 0 Å². The highest BCUT2D eigenvalue weighted by Gasteiger charge is 2.39. The van der Waals surface area contributed by atoms with Crippen molar-refractivity contribution < 1.29 is 19.8 Å². The van der Waals surface area contributed by atoms with E-state index in [2.05, 4.69) is 15.5 Å². The van der Waals surface area contributed by atoms with E-state index in [0.717, 1.165) is 12.8 Å². The lowest BCUT2D eigenvalue weighted by molar-refractivity contribution is -0.147. The summed E-state index contributed by atoms with van der Waals surface area (Å²) in [5.74, 6) is -1.36. The summed E-state index contributed by atoms with van der Waals surface area (Å²) in [5.41, 5.74) is 0. The van der Waals surface area contributed by atoms with Crippen molar-refractivity contribution in [2.24, 2.45) is 0 Å². The molecule has 2 atom stereocenters. The maximum Gasteiger partial charge on any atom is 0.326 e. The molecular weight excluding hydrogens is 298 g/mol. The molecule has 21 heavy (non-hydrogen) atoms. The highest BCUT2D eigenvalue weighted by Crippen LogP contribution is 2.36. The van der Waals surface area contributed by atoms with E-state index in [1.807, 2.05) is 0 Å². The SMILES string of the molecule is O=C(O)[C@@H]1CC(O)CN1C(=O)CSc1nnnn1C1CC1. The Labute approximate surface area is 124 Å². The number of nitrogens with zero attached hydrogens (tertiary/aromatic N) is 5. The van der Waals surface area contributed by atoms with E-state index < -0.39 is 18.1 Å². The minimum Gasteiger partial charge on any atom is -0.480 e. The summed E-state index contributed by atoms with van der Waals surface area (Å²) in [4.78, 5) is 24.5. The molecule has 2 N–H and O–H groups in total. The predicted octanol–water partition coefficient (Wildman–Crippen LogP) is -0.853. The number of likely N-dealkylation sites (tertiary alicyclic amines) is 1. The Morgan fingerprint density at radius 3 is 2.81 bits per heavy atom. The molecule has 1 aromatic rings. The third-order valence-electron chi connectivity index (χ3n) is 3.56. The van der Waals surface area contributed by atoms with Gasteiger partial charge in [-0.05, 0) is 23.3 Å². The highest BCUT2D eigenvalue weighted by molar-refractivity contribution is 7.99. The van der Waals surface area contributed by atoms with Crippen molar-refractivity contribution in [3.05, 3.63) is 0 Å². The van der Waals surface area contributed by atoms with Gasteiger partial charge in [0.05, 0.1) is 17.9 Å². The summed E-state index contributed by atoms with van der Waals surface area (Å²) in [6, 6.07) is -0.634. The maximum absolute atomic E-state index is 12.2. The van der Waals surface area contributed by atoms with Crippen LogP contribution in [0.4, 0.5) is 0 Å². The third-order valence-corrected chi connectivity index (χ3v) is 4.48. The van der Waals surface area contributed by atoms with E-state index in [0.29, 0.717) is 11.2 Å². The van der Waals surface area contributed by atoms with Gasteiger partial charge < -0.3 is 15.1 Å². The summed E-state index contributed by atoms with van der Waals surface area (Å²) < 4.78 is 1.70. The van der Waals surface area contributed by atoms with Crippen LogP contribution < -0.4 is 0 Å². The molecule has 10 heteroatoms. The van der Waals surface area contributed by atoms with Crippen LogP contribution in [0.15, 0.2) is 5.16 Å². The van der Waals surface area contributed by atoms with Gasteiger partial charge in [-0.15, -0.1) is 5.10 Å². The average molecular weight is 313 g/mol. The zero-order chi connectivity index (χ0) is 15.0. The van der Waals surface area contributed by atoms with Gasteiger partial charge in [-0.1, -0.05) is 11.8 Å². The normalized spacial score (nSPS) is 25.3. The fraction of sp³-hybridized carbons (Fsp3) is 0.727. The van der Waals surface area contributed by atoms with Crippen molar-refractivity contribution in [1.29, 1.82) is 0 Å². The minimum absolute atomic E-state index is 0.0591. The Kier molecular flexibility index (Phi) is 3.81. The van der Waals surface area contributed by atoms with Crippen LogP contribution in [-0.2, 0) is 9.59 Å². The number of hydrogen-bond donors (Lipinski definition) is 2. The summed E-state index contributed by atoms with van der Waals surface area (Å²) >= 11 is 1.19. The Balaban J connectivity index is 1.60. The lowest BCUT2D eigenvalue weighted by Crippen LogP contribution is -2.41. The summed E-state index contributed by atoms with van der Waals surface area (Å²) in [6.45, 7) is 0.0594. The van der Waals surface area contributed by atoms with Gasteiger partial charge >= 0.3 is 5.97 Å². The first-order valence-corrected chi connectivity index (χ1v) is 7.66. The zero-order valence-electron chi connectivity index (χ0n) is 11.1. The number of β-amino-alcohol motifs (C(OH)–C–C–N with tert-alkyl or cyclic N) is 1. The van der Waals surface area contributed by atoms with Gasteiger partial charge in [0.2, 0.25) is 11.1 Å². The van der Waals surface area contributed by atoms with E-state index in [1.54, 1.807) is 4.68 Å². The van der Waals surface area contributed by atoms with Crippen LogP contribution in [0.5, 0.6) is 0 Å².